The van der Waals surface area contributed by atoms with Gasteiger partial charge in [-0.05, 0) is 25.1 Å². The van der Waals surface area contributed by atoms with E-state index in [4.69, 9.17) is 0 Å². The number of pyridine rings is 1. The van der Waals surface area contributed by atoms with Crippen molar-refractivity contribution < 1.29 is 9.59 Å². The Morgan fingerprint density at radius 2 is 1.75 bits per heavy atom. The third kappa shape index (κ3) is 3.47. The molecule has 4 rings (SSSR count). The maximum absolute atomic E-state index is 12.8. The van der Waals surface area contributed by atoms with Gasteiger partial charge in [0, 0.05) is 17.3 Å². The number of aromatic nitrogens is 1. The molecule has 0 fully saturated rings. The second-order valence-electron chi connectivity index (χ2n) is 6.67. The Labute approximate surface area is 163 Å². The van der Waals surface area contributed by atoms with Crippen LogP contribution in [0.3, 0.4) is 0 Å². The zero-order valence-corrected chi connectivity index (χ0v) is 15.5. The fourth-order valence-electron chi connectivity index (χ4n) is 3.23. The number of para-hydroxylation sites is 1. The van der Waals surface area contributed by atoms with Crippen molar-refractivity contribution in [3.8, 4) is 0 Å². The van der Waals surface area contributed by atoms with Crippen LogP contribution in [0, 0.1) is 6.92 Å². The molecule has 0 atom stereocenters. The molecule has 0 N–H and O–H groups in total. The molecule has 3 aromatic rings. The van der Waals surface area contributed by atoms with Gasteiger partial charge in [0.05, 0.1) is 23.6 Å². The van der Waals surface area contributed by atoms with E-state index >= 15 is 0 Å². The van der Waals surface area contributed by atoms with E-state index in [1.54, 1.807) is 18.3 Å². The number of aliphatic imine (C=N–C) groups is 1. The number of ketones is 1. The summed E-state index contributed by atoms with van der Waals surface area (Å²) < 4.78 is 0. The molecule has 0 aliphatic carbocycles. The second-order valence-corrected chi connectivity index (χ2v) is 6.67. The SMILES string of the molecule is Cc1ccc(C(=O)CN2C(=O)CN=C(c3ccccn3)c3ccccc32)cc1. The summed E-state index contributed by atoms with van der Waals surface area (Å²) in [6.45, 7) is 1.92. The molecule has 0 unspecified atom stereocenters. The second kappa shape index (κ2) is 7.56. The summed E-state index contributed by atoms with van der Waals surface area (Å²) >= 11 is 0. The summed E-state index contributed by atoms with van der Waals surface area (Å²) in [5.41, 5.74) is 4.51. The van der Waals surface area contributed by atoms with Crippen LogP contribution in [0.1, 0.15) is 27.2 Å². The minimum absolute atomic E-state index is 0.0239. The first kappa shape index (κ1) is 17.8. The lowest BCUT2D eigenvalue weighted by atomic mass is 10.0. The Kier molecular flexibility index (Phi) is 4.81. The molecule has 0 saturated carbocycles. The number of hydrogen-bond acceptors (Lipinski definition) is 4. The van der Waals surface area contributed by atoms with Crippen molar-refractivity contribution in [2.75, 3.05) is 18.0 Å². The number of Topliss-reactive ketones (excluding diaryl/α,β-unsaturated/α-hetero) is 1. The smallest absolute Gasteiger partial charge is 0.249 e. The van der Waals surface area contributed by atoms with Gasteiger partial charge in [0.1, 0.15) is 6.54 Å². The number of hydrogen-bond donors (Lipinski definition) is 0. The average molecular weight is 369 g/mol. The van der Waals surface area contributed by atoms with Gasteiger partial charge in [-0.1, -0.05) is 54.1 Å². The maximum Gasteiger partial charge on any atom is 0.249 e. The van der Waals surface area contributed by atoms with E-state index in [-0.39, 0.29) is 24.8 Å². The highest BCUT2D eigenvalue weighted by molar-refractivity contribution is 6.19. The third-order valence-electron chi connectivity index (χ3n) is 4.71. The van der Waals surface area contributed by atoms with Crippen molar-refractivity contribution in [2.24, 2.45) is 4.99 Å². The molecule has 138 valence electrons. The summed E-state index contributed by atoms with van der Waals surface area (Å²) in [6, 6.07) is 20.5. The lowest BCUT2D eigenvalue weighted by Crippen LogP contribution is -2.37. The van der Waals surface area contributed by atoms with Crippen LogP contribution < -0.4 is 4.90 Å². The highest BCUT2D eigenvalue weighted by atomic mass is 16.2. The molecular weight excluding hydrogens is 350 g/mol. The number of benzodiazepines with no additional fused rings is 1. The monoisotopic (exact) mass is 369 g/mol. The molecule has 2 heterocycles. The zero-order chi connectivity index (χ0) is 19.5. The molecule has 0 bridgehead atoms. The summed E-state index contributed by atoms with van der Waals surface area (Å²) in [5, 5.41) is 0. The van der Waals surface area contributed by atoms with Crippen LogP contribution >= 0.6 is 0 Å². The van der Waals surface area contributed by atoms with Crippen molar-refractivity contribution in [1.82, 2.24) is 4.98 Å². The first-order chi connectivity index (χ1) is 13.6. The molecule has 2 aromatic carbocycles. The van der Waals surface area contributed by atoms with Crippen LogP contribution in [0.15, 0.2) is 77.9 Å². The number of nitrogens with zero attached hydrogens (tertiary/aromatic N) is 3. The quantitative estimate of drug-likeness (QED) is 0.662. The molecule has 0 radical (unpaired) electrons. The molecular formula is C23H19N3O2. The minimum atomic E-state index is -0.209. The van der Waals surface area contributed by atoms with Gasteiger partial charge in [-0.2, -0.15) is 0 Å². The van der Waals surface area contributed by atoms with Gasteiger partial charge < -0.3 is 4.90 Å². The number of fused-ring (bicyclic) bond motifs is 1. The highest BCUT2D eigenvalue weighted by Crippen LogP contribution is 2.26. The van der Waals surface area contributed by atoms with E-state index < -0.39 is 0 Å². The molecule has 1 aliphatic rings. The first-order valence-corrected chi connectivity index (χ1v) is 9.09. The minimum Gasteiger partial charge on any atom is -0.302 e. The van der Waals surface area contributed by atoms with Crippen LogP contribution in [0.5, 0.6) is 0 Å². The number of aryl methyl sites for hydroxylation is 1. The van der Waals surface area contributed by atoms with Crippen LogP contribution in [0.2, 0.25) is 0 Å². The van der Waals surface area contributed by atoms with Gasteiger partial charge in [0.25, 0.3) is 0 Å². The normalized spacial score (nSPS) is 13.5. The Balaban J connectivity index is 1.71. The lowest BCUT2D eigenvalue weighted by Gasteiger charge is -2.22. The molecule has 1 aromatic heterocycles. The number of carbonyl (C=O) groups excluding carboxylic acids is 2. The van der Waals surface area contributed by atoms with Crippen LogP contribution in [0.25, 0.3) is 0 Å². The molecule has 5 nitrogen and oxygen atoms in total. The summed E-state index contributed by atoms with van der Waals surface area (Å²) in [5.74, 6) is -0.316. The Bertz CT molecular complexity index is 1060. The van der Waals surface area contributed by atoms with Gasteiger partial charge in [0.15, 0.2) is 5.78 Å². The van der Waals surface area contributed by atoms with E-state index in [9.17, 15) is 9.59 Å². The highest BCUT2D eigenvalue weighted by Gasteiger charge is 2.27. The fraction of sp³-hybridized carbons (Fsp3) is 0.130. The summed E-state index contributed by atoms with van der Waals surface area (Å²) in [4.78, 5) is 36.0. The van der Waals surface area contributed by atoms with Crippen molar-refractivity contribution in [2.45, 2.75) is 6.92 Å². The number of amides is 1. The number of anilines is 1. The van der Waals surface area contributed by atoms with Gasteiger partial charge >= 0.3 is 0 Å². The maximum atomic E-state index is 12.8. The van der Waals surface area contributed by atoms with Crippen LogP contribution in [-0.2, 0) is 4.79 Å². The molecule has 28 heavy (non-hydrogen) atoms. The Morgan fingerprint density at radius 3 is 2.50 bits per heavy atom. The van der Waals surface area contributed by atoms with E-state index in [2.05, 4.69) is 9.98 Å². The largest absolute Gasteiger partial charge is 0.302 e. The van der Waals surface area contributed by atoms with E-state index in [0.29, 0.717) is 22.7 Å². The topological polar surface area (TPSA) is 62.6 Å². The molecule has 5 heteroatoms. The van der Waals surface area contributed by atoms with Crippen molar-refractivity contribution in [3.05, 3.63) is 95.3 Å². The fourth-order valence-corrected chi connectivity index (χ4v) is 3.23. The molecule has 0 spiro atoms. The average Bonchev–Trinajstić information content (AvgIpc) is 2.86. The number of benzene rings is 2. The molecule has 1 amide bonds. The van der Waals surface area contributed by atoms with E-state index in [0.717, 1.165) is 11.1 Å². The number of rotatable bonds is 4. The van der Waals surface area contributed by atoms with Crippen LogP contribution in [0.4, 0.5) is 5.69 Å². The van der Waals surface area contributed by atoms with E-state index in [1.807, 2.05) is 61.5 Å². The van der Waals surface area contributed by atoms with Crippen molar-refractivity contribution in [1.29, 1.82) is 0 Å². The third-order valence-corrected chi connectivity index (χ3v) is 4.71. The van der Waals surface area contributed by atoms with Gasteiger partial charge in [-0.15, -0.1) is 0 Å². The first-order valence-electron chi connectivity index (χ1n) is 9.09. The van der Waals surface area contributed by atoms with E-state index in [1.165, 1.54) is 4.90 Å². The number of carbonyl (C=O) groups is 2. The predicted molar refractivity (Wildman–Crippen MR) is 109 cm³/mol. The predicted octanol–water partition coefficient (Wildman–Crippen LogP) is 3.46. The Hall–Kier alpha value is -3.60. The zero-order valence-electron chi connectivity index (χ0n) is 15.5. The van der Waals surface area contributed by atoms with Gasteiger partial charge in [0.2, 0.25) is 5.91 Å². The van der Waals surface area contributed by atoms with Crippen LogP contribution in [-0.4, -0.2) is 35.5 Å². The van der Waals surface area contributed by atoms with Gasteiger partial charge in [-0.3, -0.25) is 19.6 Å². The van der Waals surface area contributed by atoms with Crippen molar-refractivity contribution in [3.63, 3.8) is 0 Å². The standard InChI is InChI=1S/C23H19N3O2/c1-16-9-11-17(12-10-16)21(27)15-26-20-8-3-2-6-18(20)23(25-14-22(26)28)19-7-4-5-13-24-19/h2-13H,14-15H2,1H3. The molecule has 0 saturated heterocycles. The summed E-state index contributed by atoms with van der Waals surface area (Å²) in [7, 11) is 0. The Morgan fingerprint density at radius 1 is 1.00 bits per heavy atom. The van der Waals surface area contributed by atoms with Gasteiger partial charge in [-0.25, -0.2) is 0 Å². The van der Waals surface area contributed by atoms with Crippen molar-refractivity contribution >= 4 is 23.1 Å². The molecule has 1 aliphatic heterocycles. The summed E-state index contributed by atoms with van der Waals surface area (Å²) in [6.07, 6.45) is 1.70. The lowest BCUT2D eigenvalue weighted by molar-refractivity contribution is -0.117.